The van der Waals surface area contributed by atoms with Crippen LogP contribution in [0.25, 0.3) is 5.57 Å². The van der Waals surface area contributed by atoms with Crippen LogP contribution in [-0.4, -0.2) is 50.0 Å². The molecule has 2 aliphatic heterocycles. The second-order valence-corrected chi connectivity index (χ2v) is 10.8. The van der Waals surface area contributed by atoms with E-state index in [1.165, 1.54) is 5.57 Å². The van der Waals surface area contributed by atoms with Gasteiger partial charge in [0.25, 0.3) is 0 Å². The lowest BCUT2D eigenvalue weighted by Crippen LogP contribution is -2.35. The van der Waals surface area contributed by atoms with Crippen molar-refractivity contribution in [3.63, 3.8) is 0 Å². The van der Waals surface area contributed by atoms with Gasteiger partial charge in [0.1, 0.15) is 0 Å². The summed E-state index contributed by atoms with van der Waals surface area (Å²) in [7, 11) is -3.60. The lowest BCUT2D eigenvalue weighted by molar-refractivity contribution is -0.130. The van der Waals surface area contributed by atoms with Crippen LogP contribution in [0.3, 0.4) is 0 Å². The third-order valence-electron chi connectivity index (χ3n) is 6.49. The first-order valence-electron chi connectivity index (χ1n) is 11.5. The molecule has 2 aromatic rings. The summed E-state index contributed by atoms with van der Waals surface area (Å²) >= 11 is 0. The second kappa shape index (κ2) is 9.51. The van der Waals surface area contributed by atoms with E-state index in [-0.39, 0.29) is 34.9 Å². The topological polar surface area (TPSA) is 74.8 Å². The van der Waals surface area contributed by atoms with Gasteiger partial charge >= 0.3 is 0 Å². The molecule has 0 N–H and O–H groups in total. The number of hydrogen-bond donors (Lipinski definition) is 0. The van der Waals surface area contributed by atoms with E-state index in [0.717, 1.165) is 23.2 Å². The zero-order valence-electron chi connectivity index (χ0n) is 19.2. The maximum atomic E-state index is 12.9. The Balaban J connectivity index is 1.39. The van der Waals surface area contributed by atoms with Gasteiger partial charge in [-0.25, -0.2) is 8.42 Å². The number of fused-ring (bicyclic) bond motifs is 1. The maximum absolute atomic E-state index is 12.9. The van der Waals surface area contributed by atoms with Crippen molar-refractivity contribution in [3.05, 3.63) is 65.7 Å². The molecular formula is C26H30N2O4S. The van der Waals surface area contributed by atoms with Crippen LogP contribution in [0, 0.1) is 0 Å². The molecule has 6 nitrogen and oxygen atoms in total. The van der Waals surface area contributed by atoms with Gasteiger partial charge in [-0.05, 0) is 54.7 Å². The highest BCUT2D eigenvalue weighted by Crippen LogP contribution is 2.34. The molecule has 0 radical (unpaired) electrons. The van der Waals surface area contributed by atoms with Crippen molar-refractivity contribution in [2.24, 2.45) is 0 Å². The molecule has 2 heterocycles. The molecule has 174 valence electrons. The standard InChI is InChI=1S/C26H30N2O4S/c1-3-25(29)28-19(2)17-22-18-23(9-10-24(22)28)33(31,32)16-13-26(30)27-14-11-21(12-15-27)20-7-5-4-6-8-20/h4-11,18-19H,3,12-17H2,1-2H3/t19-/m0/s1. The van der Waals surface area contributed by atoms with E-state index in [1.54, 1.807) is 28.0 Å². The van der Waals surface area contributed by atoms with Gasteiger partial charge in [0, 0.05) is 37.7 Å². The Kier molecular flexibility index (Phi) is 6.70. The predicted octanol–water partition coefficient (Wildman–Crippen LogP) is 3.85. The first kappa shape index (κ1) is 23.2. The molecule has 0 aromatic heterocycles. The Labute approximate surface area is 195 Å². The monoisotopic (exact) mass is 466 g/mol. The van der Waals surface area contributed by atoms with E-state index in [9.17, 15) is 18.0 Å². The van der Waals surface area contributed by atoms with Crippen molar-refractivity contribution in [1.82, 2.24) is 4.90 Å². The van der Waals surface area contributed by atoms with Crippen LogP contribution in [0.1, 0.15) is 44.2 Å². The molecule has 4 rings (SSSR count). The van der Waals surface area contributed by atoms with Gasteiger partial charge in [0.05, 0.1) is 10.6 Å². The van der Waals surface area contributed by atoms with E-state index in [1.807, 2.05) is 32.0 Å². The van der Waals surface area contributed by atoms with Gasteiger partial charge in [-0.15, -0.1) is 0 Å². The summed E-state index contributed by atoms with van der Waals surface area (Å²) < 4.78 is 25.9. The smallest absolute Gasteiger partial charge is 0.226 e. The minimum atomic E-state index is -3.60. The number of nitrogens with zero attached hydrogens (tertiary/aromatic N) is 2. The molecule has 33 heavy (non-hydrogen) atoms. The minimum absolute atomic E-state index is 0.0138. The molecule has 2 aromatic carbocycles. The molecule has 0 saturated carbocycles. The third-order valence-corrected chi connectivity index (χ3v) is 8.20. The summed E-state index contributed by atoms with van der Waals surface area (Å²) in [6.45, 7) is 4.89. The number of benzene rings is 2. The van der Waals surface area contributed by atoms with E-state index in [0.29, 0.717) is 25.9 Å². The van der Waals surface area contributed by atoms with E-state index in [2.05, 4.69) is 18.2 Å². The normalized spacial score (nSPS) is 18.1. The van der Waals surface area contributed by atoms with Crippen LogP contribution in [0.4, 0.5) is 5.69 Å². The van der Waals surface area contributed by atoms with E-state index >= 15 is 0 Å². The van der Waals surface area contributed by atoms with Crippen molar-refractivity contribution >= 4 is 32.9 Å². The van der Waals surface area contributed by atoms with Crippen molar-refractivity contribution in [2.75, 3.05) is 23.7 Å². The largest absolute Gasteiger partial charge is 0.339 e. The quantitative estimate of drug-likeness (QED) is 0.648. The van der Waals surface area contributed by atoms with Crippen molar-refractivity contribution in [1.29, 1.82) is 0 Å². The fourth-order valence-electron chi connectivity index (χ4n) is 4.66. The van der Waals surface area contributed by atoms with Crippen LogP contribution in [-0.2, 0) is 25.8 Å². The average molecular weight is 467 g/mol. The molecule has 7 heteroatoms. The Morgan fingerprint density at radius 3 is 2.48 bits per heavy atom. The van der Waals surface area contributed by atoms with Gasteiger partial charge in [0.15, 0.2) is 9.84 Å². The number of hydrogen-bond acceptors (Lipinski definition) is 4. The number of carbonyl (C=O) groups is 2. The molecule has 0 bridgehead atoms. The average Bonchev–Trinajstić information content (AvgIpc) is 3.17. The van der Waals surface area contributed by atoms with Crippen LogP contribution in [0.5, 0.6) is 0 Å². The number of anilines is 1. The number of carbonyl (C=O) groups excluding carboxylic acids is 2. The fourth-order valence-corrected chi connectivity index (χ4v) is 5.94. The summed E-state index contributed by atoms with van der Waals surface area (Å²) in [5.74, 6) is -0.325. The maximum Gasteiger partial charge on any atom is 0.226 e. The summed E-state index contributed by atoms with van der Waals surface area (Å²) in [6, 6.07) is 15.1. The molecule has 1 atom stereocenters. The van der Waals surface area contributed by atoms with Crippen LogP contribution in [0.15, 0.2) is 59.5 Å². The first-order valence-corrected chi connectivity index (χ1v) is 13.2. The van der Waals surface area contributed by atoms with Crippen molar-refractivity contribution in [2.45, 2.75) is 50.5 Å². The zero-order valence-corrected chi connectivity index (χ0v) is 20.0. The molecule has 2 amide bonds. The second-order valence-electron chi connectivity index (χ2n) is 8.71. The highest BCUT2D eigenvalue weighted by molar-refractivity contribution is 7.91. The zero-order chi connectivity index (χ0) is 23.6. The van der Waals surface area contributed by atoms with Gasteiger partial charge in [0.2, 0.25) is 11.8 Å². The third kappa shape index (κ3) is 4.88. The molecule has 0 saturated heterocycles. The van der Waals surface area contributed by atoms with E-state index in [4.69, 9.17) is 0 Å². The molecule has 0 aliphatic carbocycles. The lowest BCUT2D eigenvalue weighted by atomic mass is 9.99. The lowest BCUT2D eigenvalue weighted by Gasteiger charge is -2.26. The Bertz CT molecular complexity index is 1190. The molecular weight excluding hydrogens is 436 g/mol. The van der Waals surface area contributed by atoms with Crippen LogP contribution >= 0.6 is 0 Å². The summed E-state index contributed by atoms with van der Waals surface area (Å²) in [4.78, 5) is 28.6. The Morgan fingerprint density at radius 1 is 1.06 bits per heavy atom. The number of amides is 2. The summed E-state index contributed by atoms with van der Waals surface area (Å²) in [6.07, 6.45) is 3.82. The van der Waals surface area contributed by atoms with Gasteiger partial charge in [-0.2, -0.15) is 0 Å². The summed E-state index contributed by atoms with van der Waals surface area (Å²) in [5, 5.41) is 0. The highest BCUT2D eigenvalue weighted by Gasteiger charge is 2.31. The minimum Gasteiger partial charge on any atom is -0.339 e. The summed E-state index contributed by atoms with van der Waals surface area (Å²) in [5.41, 5.74) is 4.04. The Morgan fingerprint density at radius 2 is 1.82 bits per heavy atom. The first-order chi connectivity index (χ1) is 15.8. The van der Waals surface area contributed by atoms with Gasteiger partial charge in [-0.3, -0.25) is 9.59 Å². The number of sulfone groups is 1. The highest BCUT2D eigenvalue weighted by atomic mass is 32.2. The SMILES string of the molecule is CCC(=O)N1c2ccc(S(=O)(=O)CCC(=O)N3CC=C(c4ccccc4)CC3)cc2C[C@@H]1C. The Hall–Kier alpha value is -2.93. The van der Waals surface area contributed by atoms with Gasteiger partial charge in [-0.1, -0.05) is 43.3 Å². The van der Waals surface area contributed by atoms with E-state index < -0.39 is 9.84 Å². The number of rotatable bonds is 6. The molecule has 0 spiro atoms. The van der Waals surface area contributed by atoms with Crippen LogP contribution < -0.4 is 4.90 Å². The van der Waals surface area contributed by atoms with Crippen molar-refractivity contribution < 1.29 is 18.0 Å². The molecule has 0 fully saturated rings. The van der Waals surface area contributed by atoms with Crippen LogP contribution in [0.2, 0.25) is 0 Å². The molecule has 0 unspecified atom stereocenters. The van der Waals surface area contributed by atoms with Gasteiger partial charge < -0.3 is 9.80 Å². The predicted molar refractivity (Wildman–Crippen MR) is 130 cm³/mol. The van der Waals surface area contributed by atoms with Crippen molar-refractivity contribution in [3.8, 4) is 0 Å². The molecule has 2 aliphatic rings. The fraction of sp³-hybridized carbons (Fsp3) is 0.385.